The number of ether oxygens (including phenoxy) is 1. The highest BCUT2D eigenvalue weighted by Crippen LogP contribution is 2.33. The van der Waals surface area contributed by atoms with Crippen molar-refractivity contribution in [1.29, 1.82) is 0 Å². The fourth-order valence-electron chi connectivity index (χ4n) is 2.92. The molecule has 100 valence electrons. The Hall–Kier alpha value is -1.52. The molecular formula is C13H21N3O2. The summed E-state index contributed by atoms with van der Waals surface area (Å²) < 4.78 is 5.31. The molecule has 1 aliphatic heterocycles. The molecule has 1 fully saturated rings. The highest BCUT2D eigenvalue weighted by molar-refractivity contribution is 5.88. The minimum Gasteiger partial charge on any atom is -0.445 e. The number of carbonyl (C=O) groups excluding carboxylic acids is 1. The summed E-state index contributed by atoms with van der Waals surface area (Å²) in [6.45, 7) is 4.00. The van der Waals surface area contributed by atoms with Crippen LogP contribution in [0, 0.1) is 5.92 Å². The molecule has 0 aromatic rings. The normalized spacial score (nSPS) is 28.4. The quantitative estimate of drug-likeness (QED) is 0.750. The zero-order valence-corrected chi connectivity index (χ0v) is 11.0. The number of hydrogen-bond acceptors (Lipinski definition) is 4. The Morgan fingerprint density at radius 1 is 1.39 bits per heavy atom. The minimum atomic E-state index is -0.691. The molecule has 1 heterocycles. The Morgan fingerprint density at radius 2 is 2.17 bits per heavy atom. The number of nitrogens with zero attached hydrogens (tertiary/aromatic N) is 1. The lowest BCUT2D eigenvalue weighted by molar-refractivity contribution is 0.0825. The van der Waals surface area contributed by atoms with Crippen molar-refractivity contribution in [3.8, 4) is 0 Å². The van der Waals surface area contributed by atoms with Gasteiger partial charge in [0.05, 0.1) is 5.92 Å². The summed E-state index contributed by atoms with van der Waals surface area (Å²) in [6, 6.07) is 0. The average Bonchev–Trinajstić information content (AvgIpc) is 2.27. The molecular weight excluding hydrogens is 230 g/mol. The molecule has 0 aromatic carbocycles. The van der Waals surface area contributed by atoms with Gasteiger partial charge in [-0.1, -0.05) is 6.42 Å². The lowest BCUT2D eigenvalue weighted by Gasteiger charge is -2.34. The number of nitrogens with one attached hydrogen (secondary N) is 1. The van der Waals surface area contributed by atoms with Crippen LogP contribution in [0.15, 0.2) is 16.4 Å². The van der Waals surface area contributed by atoms with Crippen molar-refractivity contribution in [1.82, 2.24) is 5.43 Å². The second-order valence-corrected chi connectivity index (χ2v) is 5.07. The fraction of sp³-hybridized carbons (Fsp3) is 0.692. The van der Waals surface area contributed by atoms with Gasteiger partial charge in [0.1, 0.15) is 6.10 Å². The third-order valence-corrected chi connectivity index (χ3v) is 3.78. The molecule has 5 nitrogen and oxygen atoms in total. The van der Waals surface area contributed by atoms with Crippen molar-refractivity contribution in [3.05, 3.63) is 11.3 Å². The van der Waals surface area contributed by atoms with Gasteiger partial charge in [0.2, 0.25) is 0 Å². The molecule has 2 unspecified atom stereocenters. The Kier molecular flexibility index (Phi) is 3.89. The van der Waals surface area contributed by atoms with E-state index in [1.54, 1.807) is 0 Å². The van der Waals surface area contributed by atoms with E-state index in [2.05, 4.69) is 10.5 Å². The molecule has 1 saturated carbocycles. The Bertz CT molecular complexity index is 401. The van der Waals surface area contributed by atoms with E-state index >= 15 is 0 Å². The van der Waals surface area contributed by atoms with Gasteiger partial charge in [-0.3, -0.25) is 5.43 Å². The van der Waals surface area contributed by atoms with Gasteiger partial charge in [-0.2, -0.15) is 5.10 Å². The maximum Gasteiger partial charge on any atom is 0.404 e. The Balaban J connectivity index is 2.29. The lowest BCUT2D eigenvalue weighted by atomic mass is 9.80. The molecule has 2 atom stereocenters. The summed E-state index contributed by atoms with van der Waals surface area (Å²) in [5.74, 6) is 0.0963. The molecule has 0 bridgehead atoms. The van der Waals surface area contributed by atoms with E-state index in [0.29, 0.717) is 0 Å². The van der Waals surface area contributed by atoms with Crippen LogP contribution in [-0.4, -0.2) is 17.9 Å². The fourth-order valence-corrected chi connectivity index (χ4v) is 2.92. The summed E-state index contributed by atoms with van der Waals surface area (Å²) in [5.41, 5.74) is 11.6. The molecule has 1 aliphatic carbocycles. The van der Waals surface area contributed by atoms with E-state index in [-0.39, 0.29) is 12.0 Å². The van der Waals surface area contributed by atoms with Crippen molar-refractivity contribution in [2.24, 2.45) is 16.8 Å². The zero-order valence-electron chi connectivity index (χ0n) is 11.0. The van der Waals surface area contributed by atoms with E-state index in [1.165, 1.54) is 12.0 Å². The van der Waals surface area contributed by atoms with Crippen LogP contribution in [0.25, 0.3) is 0 Å². The summed E-state index contributed by atoms with van der Waals surface area (Å²) in [4.78, 5) is 11.1. The predicted molar refractivity (Wildman–Crippen MR) is 70.0 cm³/mol. The van der Waals surface area contributed by atoms with E-state index in [9.17, 15) is 4.79 Å². The van der Waals surface area contributed by atoms with Gasteiger partial charge in [0.15, 0.2) is 0 Å². The summed E-state index contributed by atoms with van der Waals surface area (Å²) in [7, 11) is 0. The summed E-state index contributed by atoms with van der Waals surface area (Å²) in [5, 5.41) is 4.30. The van der Waals surface area contributed by atoms with Gasteiger partial charge < -0.3 is 10.5 Å². The van der Waals surface area contributed by atoms with E-state index in [1.807, 2.05) is 13.8 Å². The van der Waals surface area contributed by atoms with Gasteiger partial charge in [0, 0.05) is 11.4 Å². The number of rotatable bonds is 1. The van der Waals surface area contributed by atoms with Crippen LogP contribution in [0.4, 0.5) is 4.79 Å². The number of hydrogen-bond donors (Lipinski definition) is 2. The van der Waals surface area contributed by atoms with Crippen LogP contribution in [0.1, 0.15) is 46.0 Å². The zero-order chi connectivity index (χ0) is 13.1. The summed E-state index contributed by atoms with van der Waals surface area (Å²) >= 11 is 0. The van der Waals surface area contributed by atoms with Crippen LogP contribution >= 0.6 is 0 Å². The van der Waals surface area contributed by atoms with Crippen LogP contribution in [0.3, 0.4) is 0 Å². The van der Waals surface area contributed by atoms with Crippen molar-refractivity contribution in [3.63, 3.8) is 0 Å². The van der Waals surface area contributed by atoms with E-state index < -0.39 is 6.09 Å². The number of nitrogens with two attached hydrogens (primary N) is 1. The second kappa shape index (κ2) is 5.42. The molecule has 2 aliphatic rings. The first-order valence-electron chi connectivity index (χ1n) is 6.55. The van der Waals surface area contributed by atoms with Crippen molar-refractivity contribution < 1.29 is 9.53 Å². The molecule has 0 radical (unpaired) electrons. The standard InChI is InChI=1S/C13H21N3O2/c1-8-10-6-4-3-5-7-11(18-13(14)17)12(10)9(2)16-15-8/h11-12,15H,3-7H2,1-2H3,(H2,14,17). The monoisotopic (exact) mass is 251 g/mol. The Morgan fingerprint density at radius 3 is 2.89 bits per heavy atom. The van der Waals surface area contributed by atoms with Crippen molar-refractivity contribution in [2.75, 3.05) is 0 Å². The van der Waals surface area contributed by atoms with Crippen LogP contribution in [0.5, 0.6) is 0 Å². The topological polar surface area (TPSA) is 76.7 Å². The molecule has 3 N–H and O–H groups in total. The first kappa shape index (κ1) is 12.9. The van der Waals surface area contributed by atoms with E-state index in [4.69, 9.17) is 10.5 Å². The number of primary amides is 1. The molecule has 5 heteroatoms. The van der Waals surface area contributed by atoms with Crippen LogP contribution < -0.4 is 11.2 Å². The molecule has 0 aromatic heterocycles. The number of hydrazone groups is 1. The second-order valence-electron chi connectivity index (χ2n) is 5.07. The molecule has 0 saturated heterocycles. The summed E-state index contributed by atoms with van der Waals surface area (Å²) in [6.07, 6.45) is 4.45. The first-order valence-corrected chi connectivity index (χ1v) is 6.55. The van der Waals surface area contributed by atoms with Crippen molar-refractivity contribution >= 4 is 11.8 Å². The van der Waals surface area contributed by atoms with Gasteiger partial charge in [0.25, 0.3) is 0 Å². The molecule has 2 rings (SSSR count). The van der Waals surface area contributed by atoms with Crippen LogP contribution in [0.2, 0.25) is 0 Å². The first-order chi connectivity index (χ1) is 8.59. The van der Waals surface area contributed by atoms with Gasteiger partial charge in [-0.05, 0) is 45.1 Å². The number of allylic oxidation sites excluding steroid dienone is 1. The Labute approximate surface area is 107 Å². The molecule has 1 amide bonds. The highest BCUT2D eigenvalue weighted by Gasteiger charge is 2.34. The maximum atomic E-state index is 11.1. The largest absolute Gasteiger partial charge is 0.445 e. The number of fused-ring (bicyclic) bond motifs is 1. The third-order valence-electron chi connectivity index (χ3n) is 3.78. The van der Waals surface area contributed by atoms with Crippen molar-refractivity contribution in [2.45, 2.75) is 52.1 Å². The maximum absolute atomic E-state index is 11.1. The third kappa shape index (κ3) is 2.66. The number of carbonyl (C=O) groups is 1. The smallest absolute Gasteiger partial charge is 0.404 e. The van der Waals surface area contributed by atoms with Gasteiger partial charge in [-0.15, -0.1) is 0 Å². The highest BCUT2D eigenvalue weighted by atomic mass is 16.6. The minimum absolute atomic E-state index is 0.0963. The number of amides is 1. The van der Waals surface area contributed by atoms with E-state index in [0.717, 1.165) is 37.1 Å². The SMILES string of the molecule is CC1=NNC(C)=C2CCCCCC(OC(N)=O)C12. The lowest BCUT2D eigenvalue weighted by Crippen LogP contribution is -2.39. The van der Waals surface area contributed by atoms with Gasteiger partial charge >= 0.3 is 6.09 Å². The average molecular weight is 251 g/mol. The predicted octanol–water partition coefficient (Wildman–Crippen LogP) is 2.28. The molecule has 18 heavy (non-hydrogen) atoms. The van der Waals surface area contributed by atoms with Gasteiger partial charge in [-0.25, -0.2) is 4.79 Å². The van der Waals surface area contributed by atoms with Crippen LogP contribution in [-0.2, 0) is 4.74 Å². The molecule has 0 spiro atoms.